The van der Waals surface area contributed by atoms with Gasteiger partial charge in [0, 0.05) is 12.3 Å². The Morgan fingerprint density at radius 1 is 1.24 bits per heavy atom. The molecule has 0 bridgehead atoms. The number of benzene rings is 2. The van der Waals surface area contributed by atoms with E-state index in [1.165, 1.54) is 10.5 Å². The highest BCUT2D eigenvalue weighted by atomic mass is 16.3. The lowest BCUT2D eigenvalue weighted by Crippen LogP contribution is -2.65. The van der Waals surface area contributed by atoms with E-state index in [9.17, 15) is 15.2 Å². The van der Waals surface area contributed by atoms with Crippen molar-refractivity contribution >= 4 is 5.91 Å². The van der Waals surface area contributed by atoms with Crippen LogP contribution in [-0.2, 0) is 4.79 Å². The van der Waals surface area contributed by atoms with Gasteiger partial charge in [0.05, 0.1) is 18.7 Å². The van der Waals surface area contributed by atoms with Crippen molar-refractivity contribution in [3.05, 3.63) is 59.7 Å². The lowest BCUT2D eigenvalue weighted by atomic mass is 9.73. The minimum Gasteiger partial charge on any atom is -0.394 e. The molecular weight excluding hydrogens is 312 g/mol. The summed E-state index contributed by atoms with van der Waals surface area (Å²) < 4.78 is 0. The van der Waals surface area contributed by atoms with Gasteiger partial charge < -0.3 is 10.0 Å². The summed E-state index contributed by atoms with van der Waals surface area (Å²) in [5.41, 5.74) is 4.32. The van der Waals surface area contributed by atoms with Crippen molar-refractivity contribution in [3.63, 3.8) is 0 Å². The number of hydrogen-bond acceptors (Lipinski definition) is 3. The standard InChI is InChI=1S/C21H22N2O2/c1-3-20(25)23-18(12-22)21(19(23)13-24)17-10-5-4-9-16(17)15-8-6-7-14(2)11-15/h4-11,18-19,21,24H,3,13H2,1-2H3/t18-,19+,21-/m1/s1. The molecule has 0 aromatic heterocycles. The zero-order chi connectivity index (χ0) is 18.0. The molecule has 1 heterocycles. The average molecular weight is 334 g/mol. The predicted octanol–water partition coefficient (Wildman–Crippen LogP) is 3.25. The fourth-order valence-electron chi connectivity index (χ4n) is 3.77. The van der Waals surface area contributed by atoms with Gasteiger partial charge in [0.1, 0.15) is 6.04 Å². The molecule has 0 unspecified atom stereocenters. The van der Waals surface area contributed by atoms with Crippen molar-refractivity contribution in [2.24, 2.45) is 0 Å². The number of nitriles is 1. The quantitative estimate of drug-likeness (QED) is 0.933. The minimum absolute atomic E-state index is 0.0881. The van der Waals surface area contributed by atoms with Crippen molar-refractivity contribution in [2.75, 3.05) is 6.61 Å². The van der Waals surface area contributed by atoms with Crippen LogP contribution in [0.1, 0.15) is 30.4 Å². The Morgan fingerprint density at radius 3 is 2.64 bits per heavy atom. The summed E-state index contributed by atoms with van der Waals surface area (Å²) in [5.74, 6) is -0.267. The van der Waals surface area contributed by atoms with E-state index in [1.54, 1.807) is 6.92 Å². The Hall–Kier alpha value is -2.64. The van der Waals surface area contributed by atoms with Crippen LogP contribution in [0.4, 0.5) is 0 Å². The highest BCUT2D eigenvalue weighted by molar-refractivity contribution is 5.80. The molecule has 1 aliphatic rings. The van der Waals surface area contributed by atoms with E-state index in [1.807, 2.05) is 43.3 Å². The Labute approximate surface area is 148 Å². The molecule has 1 N–H and O–H groups in total. The monoisotopic (exact) mass is 334 g/mol. The van der Waals surface area contributed by atoms with Crippen LogP contribution in [0.5, 0.6) is 0 Å². The van der Waals surface area contributed by atoms with Crippen LogP contribution in [0.2, 0.25) is 0 Å². The second kappa shape index (κ2) is 7.08. The summed E-state index contributed by atoms with van der Waals surface area (Å²) in [7, 11) is 0. The van der Waals surface area contributed by atoms with Gasteiger partial charge in [-0.2, -0.15) is 5.26 Å². The van der Waals surface area contributed by atoms with Crippen molar-refractivity contribution in [3.8, 4) is 17.2 Å². The summed E-state index contributed by atoms with van der Waals surface area (Å²) in [6.07, 6.45) is 0.334. The number of carbonyl (C=O) groups excluding carboxylic acids is 1. The lowest BCUT2D eigenvalue weighted by Gasteiger charge is -2.52. The number of aliphatic hydroxyl groups is 1. The average Bonchev–Trinajstić information content (AvgIpc) is 2.62. The number of aliphatic hydroxyl groups excluding tert-OH is 1. The van der Waals surface area contributed by atoms with Gasteiger partial charge in [-0.05, 0) is 23.6 Å². The fourth-order valence-corrected chi connectivity index (χ4v) is 3.77. The molecule has 0 spiro atoms. The van der Waals surface area contributed by atoms with Crippen LogP contribution in [0.25, 0.3) is 11.1 Å². The summed E-state index contributed by atoms with van der Waals surface area (Å²) in [5, 5.41) is 19.5. The van der Waals surface area contributed by atoms with Gasteiger partial charge in [0.2, 0.25) is 5.91 Å². The van der Waals surface area contributed by atoms with E-state index < -0.39 is 6.04 Å². The van der Waals surface area contributed by atoms with Gasteiger partial charge in [-0.15, -0.1) is 0 Å². The molecule has 1 amide bonds. The first-order chi connectivity index (χ1) is 12.1. The number of aryl methyl sites for hydroxylation is 1. The molecular formula is C21H22N2O2. The van der Waals surface area contributed by atoms with Crippen molar-refractivity contribution in [2.45, 2.75) is 38.3 Å². The normalized spacial score (nSPS) is 22.2. The van der Waals surface area contributed by atoms with Crippen molar-refractivity contribution in [1.29, 1.82) is 5.26 Å². The molecule has 1 aliphatic heterocycles. The zero-order valence-electron chi connectivity index (χ0n) is 14.5. The van der Waals surface area contributed by atoms with Crippen LogP contribution in [0.3, 0.4) is 0 Å². The predicted molar refractivity (Wildman–Crippen MR) is 96.8 cm³/mol. The second-order valence-electron chi connectivity index (χ2n) is 6.46. The fraction of sp³-hybridized carbons (Fsp3) is 0.333. The number of amides is 1. The number of carbonyl (C=O) groups is 1. The third-order valence-corrected chi connectivity index (χ3v) is 4.97. The van der Waals surface area contributed by atoms with E-state index >= 15 is 0 Å². The highest BCUT2D eigenvalue weighted by Crippen LogP contribution is 2.44. The lowest BCUT2D eigenvalue weighted by molar-refractivity contribution is -0.146. The molecule has 3 rings (SSSR count). The van der Waals surface area contributed by atoms with Gasteiger partial charge in [0.25, 0.3) is 0 Å². The van der Waals surface area contributed by atoms with Gasteiger partial charge in [-0.3, -0.25) is 4.79 Å². The molecule has 3 atom stereocenters. The first kappa shape index (κ1) is 17.2. The molecule has 2 aromatic carbocycles. The molecule has 0 radical (unpaired) electrons. The molecule has 1 saturated heterocycles. The van der Waals surface area contributed by atoms with Crippen molar-refractivity contribution < 1.29 is 9.90 Å². The number of likely N-dealkylation sites (tertiary alicyclic amines) is 1. The molecule has 4 heteroatoms. The molecule has 2 aromatic rings. The SMILES string of the molecule is CCC(=O)N1[C@H](C#N)[C@@H](c2ccccc2-c2cccc(C)c2)[C@@H]1CO. The Bertz CT molecular complexity index is 825. The Morgan fingerprint density at radius 2 is 2.00 bits per heavy atom. The summed E-state index contributed by atoms with van der Waals surface area (Å²) >= 11 is 0. The first-order valence-corrected chi connectivity index (χ1v) is 8.60. The molecule has 0 saturated carbocycles. The van der Waals surface area contributed by atoms with Gasteiger partial charge >= 0.3 is 0 Å². The highest BCUT2D eigenvalue weighted by Gasteiger charge is 2.51. The van der Waals surface area contributed by atoms with Crippen LogP contribution in [0.15, 0.2) is 48.5 Å². The molecule has 4 nitrogen and oxygen atoms in total. The first-order valence-electron chi connectivity index (χ1n) is 8.60. The second-order valence-corrected chi connectivity index (χ2v) is 6.46. The molecule has 25 heavy (non-hydrogen) atoms. The minimum atomic E-state index is -0.532. The summed E-state index contributed by atoms with van der Waals surface area (Å²) in [6, 6.07) is 17.6. The third-order valence-electron chi connectivity index (χ3n) is 4.97. The van der Waals surface area contributed by atoms with E-state index in [0.717, 1.165) is 16.7 Å². The summed E-state index contributed by atoms with van der Waals surface area (Å²) in [6.45, 7) is 3.68. The van der Waals surface area contributed by atoms with E-state index in [4.69, 9.17) is 0 Å². The summed E-state index contributed by atoms with van der Waals surface area (Å²) in [4.78, 5) is 13.7. The smallest absolute Gasteiger partial charge is 0.223 e. The molecule has 0 aliphatic carbocycles. The third kappa shape index (κ3) is 2.92. The van der Waals surface area contributed by atoms with Gasteiger partial charge in [-0.25, -0.2) is 0 Å². The molecule has 128 valence electrons. The van der Waals surface area contributed by atoms with Gasteiger partial charge in [0.15, 0.2) is 0 Å². The maximum absolute atomic E-state index is 12.2. The van der Waals surface area contributed by atoms with Crippen molar-refractivity contribution in [1.82, 2.24) is 4.90 Å². The Balaban J connectivity index is 2.05. The van der Waals surface area contributed by atoms with Crippen LogP contribution < -0.4 is 0 Å². The number of rotatable bonds is 4. The topological polar surface area (TPSA) is 64.3 Å². The largest absolute Gasteiger partial charge is 0.394 e. The van der Waals surface area contributed by atoms with Crippen LogP contribution >= 0.6 is 0 Å². The maximum Gasteiger partial charge on any atom is 0.223 e. The van der Waals surface area contributed by atoms with E-state index in [-0.39, 0.29) is 24.5 Å². The number of hydrogen-bond donors (Lipinski definition) is 1. The zero-order valence-corrected chi connectivity index (χ0v) is 14.5. The maximum atomic E-state index is 12.2. The van der Waals surface area contributed by atoms with Crippen LogP contribution in [-0.4, -0.2) is 34.6 Å². The van der Waals surface area contributed by atoms with Gasteiger partial charge in [-0.1, -0.05) is 61.0 Å². The molecule has 1 fully saturated rings. The van der Waals surface area contributed by atoms with Crippen LogP contribution in [0, 0.1) is 18.3 Å². The Kier molecular flexibility index (Phi) is 4.87. The van der Waals surface area contributed by atoms with E-state index in [2.05, 4.69) is 18.2 Å². The van der Waals surface area contributed by atoms with E-state index in [0.29, 0.717) is 6.42 Å². The number of nitrogens with zero attached hydrogens (tertiary/aromatic N) is 2.